The van der Waals surface area contributed by atoms with Gasteiger partial charge in [0.15, 0.2) is 11.5 Å². The Bertz CT molecular complexity index is 1130. The summed E-state index contributed by atoms with van der Waals surface area (Å²) in [5.41, 5.74) is 3.36. The molecule has 0 spiro atoms. The second kappa shape index (κ2) is 11.3. The minimum Gasteiger partial charge on any atom is -0.489 e. The van der Waals surface area contributed by atoms with Gasteiger partial charge in [0.2, 0.25) is 6.10 Å². The molecule has 2 aliphatic rings. The van der Waals surface area contributed by atoms with E-state index in [2.05, 4.69) is 22.3 Å². The quantitative estimate of drug-likeness (QED) is 0.539. The number of ether oxygens (including phenoxy) is 4. The molecule has 0 aromatic heterocycles. The van der Waals surface area contributed by atoms with Crippen molar-refractivity contribution in [3.63, 3.8) is 0 Å². The highest BCUT2D eigenvalue weighted by atomic mass is 16.6. The third kappa shape index (κ3) is 6.32. The number of rotatable bonds is 8. The maximum atomic E-state index is 12.8. The first-order chi connectivity index (χ1) is 17.2. The fraction of sp³-hybridized carbons (Fsp3) is 0.321. The molecule has 2 aliphatic heterocycles. The summed E-state index contributed by atoms with van der Waals surface area (Å²) in [5.74, 6) is 1.57. The van der Waals surface area contributed by atoms with Gasteiger partial charge in [-0.05, 0) is 28.8 Å². The van der Waals surface area contributed by atoms with Crippen LogP contribution in [0, 0.1) is 0 Å². The highest BCUT2D eigenvalue weighted by Crippen LogP contribution is 2.35. The Morgan fingerprint density at radius 3 is 2.57 bits per heavy atom. The first-order valence-corrected chi connectivity index (χ1v) is 12.0. The van der Waals surface area contributed by atoms with Gasteiger partial charge in [0, 0.05) is 32.2 Å². The Balaban J connectivity index is 1.14. The van der Waals surface area contributed by atoms with Crippen LogP contribution in [0.4, 0.5) is 0 Å². The molecule has 1 N–H and O–H groups in total. The maximum absolute atomic E-state index is 12.8. The summed E-state index contributed by atoms with van der Waals surface area (Å²) in [6.45, 7) is 5.39. The molecule has 182 valence electrons. The highest BCUT2D eigenvalue weighted by molar-refractivity contribution is 5.81. The van der Waals surface area contributed by atoms with Crippen molar-refractivity contribution in [2.45, 2.75) is 25.8 Å². The van der Waals surface area contributed by atoms with E-state index >= 15 is 0 Å². The van der Waals surface area contributed by atoms with Crippen LogP contribution in [0.15, 0.2) is 72.8 Å². The summed E-state index contributed by atoms with van der Waals surface area (Å²) in [5, 5.41) is 2.98. The number of carbonyl (C=O) groups excluding carboxylic acids is 1. The molecule has 3 aromatic carbocycles. The number of morpholine rings is 1. The van der Waals surface area contributed by atoms with Crippen molar-refractivity contribution in [3.8, 4) is 17.2 Å². The third-order valence-electron chi connectivity index (χ3n) is 6.08. The van der Waals surface area contributed by atoms with E-state index in [-0.39, 0.29) is 12.5 Å². The van der Waals surface area contributed by atoms with Gasteiger partial charge in [-0.25, -0.2) is 0 Å². The van der Waals surface area contributed by atoms with Gasteiger partial charge in [-0.1, -0.05) is 54.6 Å². The first-order valence-electron chi connectivity index (χ1n) is 12.0. The number of hydrogen-bond donors (Lipinski definition) is 1. The maximum Gasteiger partial charge on any atom is 0.264 e. The average Bonchev–Trinajstić information content (AvgIpc) is 2.91. The molecule has 7 nitrogen and oxygen atoms in total. The van der Waals surface area contributed by atoms with E-state index in [1.54, 1.807) is 6.07 Å². The van der Waals surface area contributed by atoms with Crippen molar-refractivity contribution in [2.24, 2.45) is 0 Å². The number of amides is 1. The predicted octanol–water partition coefficient (Wildman–Crippen LogP) is 3.55. The molecule has 3 aromatic rings. The Hall–Kier alpha value is -3.55. The molecule has 0 radical (unpaired) electrons. The van der Waals surface area contributed by atoms with Gasteiger partial charge in [-0.2, -0.15) is 0 Å². The molecule has 35 heavy (non-hydrogen) atoms. The van der Waals surface area contributed by atoms with Crippen LogP contribution >= 0.6 is 0 Å². The molecular weight excluding hydrogens is 444 g/mol. The lowest BCUT2D eigenvalue weighted by Crippen LogP contribution is -2.43. The third-order valence-corrected chi connectivity index (χ3v) is 6.08. The second-order valence-electron chi connectivity index (χ2n) is 8.73. The van der Waals surface area contributed by atoms with Crippen molar-refractivity contribution < 1.29 is 23.7 Å². The second-order valence-corrected chi connectivity index (χ2v) is 8.73. The molecule has 1 unspecified atom stereocenters. The standard InChI is InChI=1S/C28H30N2O5/c31-28(29-17-22-7-4-8-23(15-22)18-30-11-13-32-14-12-30)27-20-34-25-10-9-24(16-26(25)35-27)33-19-21-5-2-1-3-6-21/h1-10,15-16,27H,11-14,17-20H2,(H,29,31). The zero-order valence-corrected chi connectivity index (χ0v) is 19.7. The van der Waals surface area contributed by atoms with Crippen molar-refractivity contribution in [3.05, 3.63) is 89.5 Å². The molecule has 1 atom stereocenters. The van der Waals surface area contributed by atoms with Crippen LogP contribution in [0.2, 0.25) is 0 Å². The first kappa shape index (κ1) is 23.2. The number of hydrogen-bond acceptors (Lipinski definition) is 6. The molecule has 1 amide bonds. The molecule has 0 bridgehead atoms. The van der Waals surface area contributed by atoms with E-state index < -0.39 is 6.10 Å². The van der Waals surface area contributed by atoms with E-state index in [4.69, 9.17) is 18.9 Å². The molecule has 2 heterocycles. The number of nitrogens with zero attached hydrogens (tertiary/aromatic N) is 1. The summed E-state index contributed by atoms with van der Waals surface area (Å²) >= 11 is 0. The molecule has 0 saturated carbocycles. The van der Waals surface area contributed by atoms with Gasteiger partial charge in [0.1, 0.15) is 19.0 Å². The predicted molar refractivity (Wildman–Crippen MR) is 132 cm³/mol. The van der Waals surface area contributed by atoms with Crippen LogP contribution in [0.5, 0.6) is 17.2 Å². The monoisotopic (exact) mass is 474 g/mol. The highest BCUT2D eigenvalue weighted by Gasteiger charge is 2.27. The summed E-state index contributed by atoms with van der Waals surface area (Å²) in [7, 11) is 0. The van der Waals surface area contributed by atoms with E-state index in [0.29, 0.717) is 30.4 Å². The summed E-state index contributed by atoms with van der Waals surface area (Å²) in [4.78, 5) is 15.2. The lowest BCUT2D eigenvalue weighted by molar-refractivity contribution is -0.130. The van der Waals surface area contributed by atoms with Gasteiger partial charge < -0.3 is 24.3 Å². The van der Waals surface area contributed by atoms with Crippen LogP contribution in [0.3, 0.4) is 0 Å². The van der Waals surface area contributed by atoms with Gasteiger partial charge in [0.25, 0.3) is 5.91 Å². The van der Waals surface area contributed by atoms with Crippen molar-refractivity contribution in [1.82, 2.24) is 10.2 Å². The van der Waals surface area contributed by atoms with Crippen molar-refractivity contribution >= 4 is 5.91 Å². The lowest BCUT2D eigenvalue weighted by atomic mass is 10.1. The van der Waals surface area contributed by atoms with Gasteiger partial charge >= 0.3 is 0 Å². The van der Waals surface area contributed by atoms with Crippen LogP contribution in [-0.4, -0.2) is 49.8 Å². The fourth-order valence-corrected chi connectivity index (χ4v) is 4.17. The van der Waals surface area contributed by atoms with E-state index in [1.807, 2.05) is 54.6 Å². The number of nitrogens with one attached hydrogen (secondary N) is 1. The topological polar surface area (TPSA) is 69.3 Å². The fourth-order valence-electron chi connectivity index (χ4n) is 4.17. The Labute approximate surface area is 205 Å². The van der Waals surface area contributed by atoms with Crippen LogP contribution in [0.25, 0.3) is 0 Å². The SMILES string of the molecule is O=C(NCc1cccc(CN2CCOCC2)c1)C1COc2ccc(OCc3ccccc3)cc2O1. The van der Waals surface area contributed by atoms with Gasteiger partial charge in [0.05, 0.1) is 13.2 Å². The Morgan fingerprint density at radius 1 is 0.914 bits per heavy atom. The van der Waals surface area contributed by atoms with Gasteiger partial charge in [-0.3, -0.25) is 9.69 Å². The van der Waals surface area contributed by atoms with Crippen molar-refractivity contribution in [2.75, 3.05) is 32.9 Å². The average molecular weight is 475 g/mol. The van der Waals surface area contributed by atoms with E-state index in [9.17, 15) is 4.79 Å². The number of carbonyl (C=O) groups is 1. The Morgan fingerprint density at radius 2 is 1.71 bits per heavy atom. The van der Waals surface area contributed by atoms with Crippen LogP contribution in [-0.2, 0) is 29.2 Å². The molecule has 5 rings (SSSR count). The summed E-state index contributed by atoms with van der Waals surface area (Å²) < 4.78 is 23.0. The molecule has 7 heteroatoms. The number of benzene rings is 3. The lowest BCUT2D eigenvalue weighted by Gasteiger charge is -2.27. The van der Waals surface area contributed by atoms with Crippen molar-refractivity contribution in [1.29, 1.82) is 0 Å². The van der Waals surface area contributed by atoms with E-state index in [1.165, 1.54) is 5.56 Å². The minimum atomic E-state index is -0.719. The minimum absolute atomic E-state index is 0.167. The van der Waals surface area contributed by atoms with Crippen LogP contribution < -0.4 is 19.5 Å². The largest absolute Gasteiger partial charge is 0.489 e. The molecule has 1 fully saturated rings. The van der Waals surface area contributed by atoms with E-state index in [0.717, 1.165) is 44.0 Å². The molecule has 0 aliphatic carbocycles. The zero-order chi connectivity index (χ0) is 23.9. The molecular formula is C28H30N2O5. The number of fused-ring (bicyclic) bond motifs is 1. The van der Waals surface area contributed by atoms with Crippen LogP contribution in [0.1, 0.15) is 16.7 Å². The zero-order valence-electron chi connectivity index (χ0n) is 19.7. The van der Waals surface area contributed by atoms with Gasteiger partial charge in [-0.15, -0.1) is 0 Å². The summed E-state index contributed by atoms with van der Waals surface area (Å²) in [6, 6.07) is 23.7. The summed E-state index contributed by atoms with van der Waals surface area (Å²) in [6.07, 6.45) is -0.719. The normalized spacial score (nSPS) is 17.5. The Kier molecular flexibility index (Phi) is 7.46. The molecule has 1 saturated heterocycles. The smallest absolute Gasteiger partial charge is 0.264 e.